The summed E-state index contributed by atoms with van der Waals surface area (Å²) >= 11 is 0. The molecule has 2 aliphatic heterocycles. The fourth-order valence-corrected chi connectivity index (χ4v) is 12.9. The van der Waals surface area contributed by atoms with Crippen molar-refractivity contribution < 1.29 is 46.7 Å². The van der Waals surface area contributed by atoms with E-state index < -0.39 is 83.2 Å². The molecule has 1 aliphatic carbocycles. The van der Waals surface area contributed by atoms with Crippen LogP contribution in [0.4, 0.5) is 58.7 Å². The number of rotatable bonds is 16. The largest absolute Gasteiger partial charge is 0.497 e. The van der Waals surface area contributed by atoms with Crippen LogP contribution in [0, 0.1) is 11.8 Å². The topological polar surface area (TPSA) is 188 Å². The zero-order valence-electron chi connectivity index (χ0n) is 50.1. The Morgan fingerprint density at radius 3 is 1.50 bits per heavy atom. The average Bonchev–Trinajstić information content (AvgIpc) is 1.43. The van der Waals surface area contributed by atoms with E-state index in [1.807, 2.05) is 0 Å². The molecule has 4 heterocycles. The van der Waals surface area contributed by atoms with Crippen LogP contribution in [0.25, 0.3) is 10.9 Å². The van der Waals surface area contributed by atoms with Gasteiger partial charge in [0, 0.05) is 64.4 Å². The molecule has 9 aromatic rings. The molecule has 0 saturated carbocycles. The molecule has 12 rings (SSSR count). The number of aromatic nitrogens is 4. The molecule has 20 heteroatoms. The van der Waals surface area contributed by atoms with Crippen molar-refractivity contribution in [1.82, 2.24) is 20.4 Å². The third-order valence-corrected chi connectivity index (χ3v) is 17.1. The predicted molar refractivity (Wildman–Crippen MR) is 338 cm³/mol. The number of fused-ring (bicyclic) bond motifs is 4. The van der Waals surface area contributed by atoms with Gasteiger partial charge in [-0.25, -0.2) is 0 Å². The summed E-state index contributed by atoms with van der Waals surface area (Å²) in [6.45, 7) is 6.76. The van der Waals surface area contributed by atoms with E-state index in [1.165, 1.54) is 31.6 Å². The van der Waals surface area contributed by atoms with Gasteiger partial charge in [-0.15, -0.1) is 0 Å². The molecule has 17 nitrogen and oxygen atoms in total. The lowest BCUT2D eigenvalue weighted by atomic mass is 9.90. The van der Waals surface area contributed by atoms with Crippen LogP contribution in [0.3, 0.4) is 0 Å². The average molecular weight is 1220 g/mol. The summed E-state index contributed by atoms with van der Waals surface area (Å²) in [4.78, 5) is 109. The summed E-state index contributed by atoms with van der Waals surface area (Å²) < 4.78 is 49.1. The number of anilines is 8. The van der Waals surface area contributed by atoms with E-state index in [2.05, 4.69) is 15.3 Å². The number of H-pyrrole nitrogens is 2. The Bertz CT molecular complexity index is 4170. The van der Waals surface area contributed by atoms with Crippen LogP contribution in [-0.4, -0.2) is 87.1 Å². The predicted octanol–water partition coefficient (Wildman–Crippen LogP) is 12.3. The van der Waals surface area contributed by atoms with Gasteiger partial charge in [0.25, 0.3) is 11.8 Å². The van der Waals surface area contributed by atoms with E-state index in [9.17, 15) is 13.2 Å². The number of amides is 6. The van der Waals surface area contributed by atoms with Crippen molar-refractivity contribution in [2.75, 3.05) is 36.5 Å². The number of nitrogens with one attached hydrogen (secondary N) is 2. The van der Waals surface area contributed by atoms with E-state index in [4.69, 9.17) is 9.84 Å². The Hall–Kier alpha value is -10.4. The SMILES string of the molecule is COc1ccc(N(C(=O)C(C(C(=O)N(c2ccc(C(F)(F)F)cc2)C(C)C)N2C(=O)C(Cc3[nH]nc4ccccc34)C(=O)N(c3ccccc3)c3ccccc32)N2C(=O)C(Cc3n[nH]c4c3CCCC4)C(=O)N(c3ccccc3)c3ccccc32)C(C)C)cc1. The van der Waals surface area contributed by atoms with Gasteiger partial charge in [-0.3, -0.25) is 58.6 Å². The third kappa shape index (κ3) is 11.0. The summed E-state index contributed by atoms with van der Waals surface area (Å²) in [6.07, 6.45) is -2.34. The maximum atomic E-state index is 17.5. The minimum Gasteiger partial charge on any atom is -0.497 e. The normalized spacial score (nSPS) is 16.8. The fraction of sp³-hybridized carbons (Fsp3) is 0.257. The first-order valence-electron chi connectivity index (χ1n) is 30.0. The number of benzene rings is 7. The van der Waals surface area contributed by atoms with Crippen LogP contribution < -0.4 is 34.1 Å². The highest BCUT2D eigenvalue weighted by atomic mass is 19.4. The first kappa shape index (κ1) is 59.9. The van der Waals surface area contributed by atoms with Crippen molar-refractivity contribution >= 4 is 91.8 Å². The number of methoxy groups -OCH3 is 1. The Kier molecular flexibility index (Phi) is 16.4. The summed E-state index contributed by atoms with van der Waals surface area (Å²) in [7, 11) is 1.49. The number of alkyl halides is 3. The van der Waals surface area contributed by atoms with Crippen molar-refractivity contribution in [2.24, 2.45) is 11.8 Å². The van der Waals surface area contributed by atoms with Crippen LogP contribution in [0.2, 0.25) is 0 Å². The summed E-state index contributed by atoms with van der Waals surface area (Å²) in [5.74, 6) is -8.22. The van der Waals surface area contributed by atoms with Crippen LogP contribution in [0.15, 0.2) is 182 Å². The molecule has 0 fully saturated rings. The van der Waals surface area contributed by atoms with E-state index >= 15 is 28.8 Å². The second-order valence-corrected chi connectivity index (χ2v) is 23.2. The molecule has 7 aromatic carbocycles. The smallest absolute Gasteiger partial charge is 0.416 e. The van der Waals surface area contributed by atoms with Crippen molar-refractivity contribution in [1.29, 1.82) is 0 Å². The molecule has 90 heavy (non-hydrogen) atoms. The van der Waals surface area contributed by atoms with Gasteiger partial charge in [0.15, 0.2) is 0 Å². The number of aromatic amines is 2. The van der Waals surface area contributed by atoms with Crippen LogP contribution >= 0.6 is 0 Å². The number of ether oxygens (including phenoxy) is 1. The molecular formula is C70H65F3N10O7. The number of halogens is 3. The Labute approximate surface area is 517 Å². The molecule has 0 bridgehead atoms. The zero-order chi connectivity index (χ0) is 63.1. The zero-order valence-corrected chi connectivity index (χ0v) is 50.1. The molecular weight excluding hydrogens is 1150 g/mol. The number of hydrogen-bond donors (Lipinski definition) is 2. The van der Waals surface area contributed by atoms with Crippen molar-refractivity contribution in [2.45, 2.75) is 96.6 Å². The molecule has 2 aromatic heterocycles. The number of para-hydroxylation sites is 7. The summed E-state index contributed by atoms with van der Waals surface area (Å²) in [5.41, 5.74) is 3.28. The fourth-order valence-electron chi connectivity index (χ4n) is 12.9. The molecule has 2 N–H and O–H groups in total. The van der Waals surface area contributed by atoms with E-state index in [0.717, 1.165) is 53.3 Å². The van der Waals surface area contributed by atoms with Gasteiger partial charge < -0.3 is 14.5 Å². The Balaban J connectivity index is 1.19. The highest BCUT2D eigenvalue weighted by molar-refractivity contribution is 6.26. The van der Waals surface area contributed by atoms with E-state index in [-0.39, 0.29) is 47.0 Å². The van der Waals surface area contributed by atoms with Gasteiger partial charge >= 0.3 is 6.18 Å². The van der Waals surface area contributed by atoms with E-state index in [0.29, 0.717) is 52.3 Å². The number of nitrogens with zero attached hydrogens (tertiary/aromatic N) is 8. The minimum absolute atomic E-state index is 0.00972. The number of aryl methyl sites for hydroxylation is 1. The Morgan fingerprint density at radius 1 is 0.544 bits per heavy atom. The van der Waals surface area contributed by atoms with Gasteiger partial charge in [-0.2, -0.15) is 23.4 Å². The second kappa shape index (κ2) is 24.7. The van der Waals surface area contributed by atoms with E-state index in [1.54, 1.807) is 185 Å². The molecule has 4 unspecified atom stereocenters. The number of carbonyl (C=O) groups excluding carboxylic acids is 6. The lowest BCUT2D eigenvalue weighted by Crippen LogP contribution is -2.69. The maximum Gasteiger partial charge on any atom is 0.416 e. The molecule has 6 amide bonds. The highest BCUT2D eigenvalue weighted by Crippen LogP contribution is 2.47. The lowest BCUT2D eigenvalue weighted by molar-refractivity contribution is -0.137. The monoisotopic (exact) mass is 1210 g/mol. The third-order valence-electron chi connectivity index (χ3n) is 17.1. The molecule has 3 aliphatic rings. The standard InChI is InChI=1S/C70H65F3N10O7/c1-42(2)78(47-34-32-44(33-35-47)70(71,72)73)68(88)62(82-60-30-18-16-28-58(60)80(45-20-8-6-9-21-45)64(84)52(66(82)86)40-56-50-24-12-14-26-54(50)74-76-56)63(69(89)79(43(3)4)48-36-38-49(90-5)39-37-48)83-61-31-19-17-29-59(61)81(46-22-10-7-11-23-46)65(85)53(67(83)87)41-57-51-25-13-15-27-55(51)75-77-57/h6-12,14,16-24,26,28-39,42-43,52-53,62-63H,13,15,25,27,40-41H2,1-5H3,(H,74,76)(H,75,77). The molecule has 0 saturated heterocycles. The van der Waals surface area contributed by atoms with Gasteiger partial charge in [0.05, 0.1) is 46.6 Å². The van der Waals surface area contributed by atoms with Crippen molar-refractivity contribution in [3.8, 4) is 5.75 Å². The summed E-state index contributed by atoms with van der Waals surface area (Å²) in [5, 5.41) is 16.1. The Morgan fingerprint density at radius 2 is 1.00 bits per heavy atom. The summed E-state index contributed by atoms with van der Waals surface area (Å²) in [6, 6.07) is 41.8. The quantitative estimate of drug-likeness (QED) is 0.0887. The van der Waals surface area contributed by atoms with Gasteiger partial charge in [0.2, 0.25) is 23.6 Å². The molecule has 0 spiro atoms. The first-order valence-corrected chi connectivity index (χ1v) is 30.0. The number of hydrogen-bond acceptors (Lipinski definition) is 9. The minimum atomic E-state index is -4.78. The van der Waals surface area contributed by atoms with Crippen molar-refractivity contribution in [3.63, 3.8) is 0 Å². The molecule has 4 atom stereocenters. The van der Waals surface area contributed by atoms with Gasteiger partial charge in [-0.05, 0) is 162 Å². The number of carbonyl (C=O) groups is 6. The van der Waals surface area contributed by atoms with Crippen LogP contribution in [-0.2, 0) is 60.6 Å². The highest BCUT2D eigenvalue weighted by Gasteiger charge is 2.57. The molecule has 0 radical (unpaired) electrons. The lowest BCUT2D eigenvalue weighted by Gasteiger charge is -2.45. The second-order valence-electron chi connectivity index (χ2n) is 23.2. The van der Waals surface area contributed by atoms with Crippen LogP contribution in [0.1, 0.15) is 68.7 Å². The van der Waals surface area contributed by atoms with Gasteiger partial charge in [0.1, 0.15) is 29.7 Å². The maximum absolute atomic E-state index is 17.5. The van der Waals surface area contributed by atoms with Crippen LogP contribution in [0.5, 0.6) is 5.75 Å². The first-order chi connectivity index (χ1) is 43.4. The van der Waals surface area contributed by atoms with Gasteiger partial charge in [-0.1, -0.05) is 78.9 Å². The molecule has 458 valence electrons. The van der Waals surface area contributed by atoms with Crippen molar-refractivity contribution in [3.05, 3.63) is 210 Å².